The van der Waals surface area contributed by atoms with E-state index in [0.29, 0.717) is 17.3 Å². The van der Waals surface area contributed by atoms with Crippen molar-refractivity contribution in [3.8, 4) is 0 Å². The topological polar surface area (TPSA) is 59.7 Å². The molecule has 0 bridgehead atoms. The van der Waals surface area contributed by atoms with Crippen LogP contribution in [-0.2, 0) is 4.74 Å². The number of methoxy groups -OCH3 is 1. The zero-order chi connectivity index (χ0) is 15.7. The molecule has 22 heavy (non-hydrogen) atoms. The van der Waals surface area contributed by atoms with Crippen molar-refractivity contribution in [2.24, 2.45) is 0 Å². The van der Waals surface area contributed by atoms with E-state index in [2.05, 4.69) is 28.9 Å². The molecular weight excluding hydrogens is 280 g/mol. The van der Waals surface area contributed by atoms with Gasteiger partial charge in [0, 0.05) is 12.2 Å². The molecule has 0 saturated carbocycles. The number of nitrogens with zero attached hydrogens (tertiary/aromatic N) is 4. The van der Waals surface area contributed by atoms with Gasteiger partial charge in [-0.3, -0.25) is 9.30 Å². The molecule has 1 unspecified atom stereocenters. The van der Waals surface area contributed by atoms with Gasteiger partial charge in [-0.2, -0.15) is 0 Å². The number of ether oxygens (including phenoxy) is 1. The van der Waals surface area contributed by atoms with E-state index < -0.39 is 0 Å². The van der Waals surface area contributed by atoms with Crippen LogP contribution in [0.5, 0.6) is 0 Å². The highest BCUT2D eigenvalue weighted by Crippen LogP contribution is 2.31. The van der Waals surface area contributed by atoms with E-state index in [4.69, 9.17) is 4.74 Å². The molecule has 6 heteroatoms. The van der Waals surface area contributed by atoms with E-state index in [0.717, 1.165) is 18.8 Å². The number of hydrogen-bond donors (Lipinski definition) is 0. The molecule has 1 fully saturated rings. The standard InChI is InChI=1S/C16H22N4O2/c1-11(2)19-9-5-4-8-13(19)15-18-17-14-12(16(21)22-3)7-6-10-20(14)15/h6-7,10-11,13H,4-5,8-9H2,1-3H3. The van der Waals surface area contributed by atoms with Crippen molar-refractivity contribution in [3.05, 3.63) is 29.7 Å². The Labute approximate surface area is 130 Å². The van der Waals surface area contributed by atoms with Crippen molar-refractivity contribution in [2.45, 2.75) is 45.2 Å². The third-order valence-electron chi connectivity index (χ3n) is 4.37. The van der Waals surface area contributed by atoms with Crippen LogP contribution < -0.4 is 0 Å². The summed E-state index contributed by atoms with van der Waals surface area (Å²) in [4.78, 5) is 14.3. The second-order valence-corrected chi connectivity index (χ2v) is 6.01. The molecule has 3 rings (SSSR count). The predicted molar refractivity (Wildman–Crippen MR) is 82.8 cm³/mol. The number of fused-ring (bicyclic) bond motifs is 1. The molecule has 0 spiro atoms. The molecule has 2 aromatic heterocycles. The third kappa shape index (κ3) is 2.47. The number of carbonyl (C=O) groups is 1. The van der Waals surface area contributed by atoms with Crippen molar-refractivity contribution in [1.29, 1.82) is 0 Å². The molecule has 0 aliphatic carbocycles. The van der Waals surface area contributed by atoms with Gasteiger partial charge in [-0.15, -0.1) is 10.2 Å². The number of likely N-dealkylation sites (tertiary alicyclic amines) is 1. The first-order valence-electron chi connectivity index (χ1n) is 7.81. The zero-order valence-electron chi connectivity index (χ0n) is 13.3. The number of hydrogen-bond acceptors (Lipinski definition) is 5. The smallest absolute Gasteiger partial charge is 0.341 e. The lowest BCUT2D eigenvalue weighted by atomic mass is 10.00. The Hall–Kier alpha value is -1.95. The van der Waals surface area contributed by atoms with E-state index in [9.17, 15) is 4.79 Å². The molecule has 1 atom stereocenters. The molecule has 0 radical (unpaired) electrons. The summed E-state index contributed by atoms with van der Waals surface area (Å²) < 4.78 is 6.76. The first-order chi connectivity index (χ1) is 10.6. The third-order valence-corrected chi connectivity index (χ3v) is 4.37. The minimum atomic E-state index is -0.381. The van der Waals surface area contributed by atoms with Crippen LogP contribution in [0, 0.1) is 0 Å². The molecule has 3 heterocycles. The molecule has 1 aliphatic rings. The molecule has 6 nitrogen and oxygen atoms in total. The van der Waals surface area contributed by atoms with Gasteiger partial charge in [0.05, 0.1) is 13.2 Å². The van der Waals surface area contributed by atoms with Gasteiger partial charge in [0.25, 0.3) is 0 Å². The lowest BCUT2D eigenvalue weighted by Gasteiger charge is -2.37. The van der Waals surface area contributed by atoms with Gasteiger partial charge < -0.3 is 4.74 Å². The maximum atomic E-state index is 11.9. The number of pyridine rings is 1. The van der Waals surface area contributed by atoms with Crippen LogP contribution in [0.25, 0.3) is 5.65 Å². The first-order valence-corrected chi connectivity index (χ1v) is 7.81. The highest BCUT2D eigenvalue weighted by atomic mass is 16.5. The van der Waals surface area contributed by atoms with Crippen molar-refractivity contribution in [3.63, 3.8) is 0 Å². The van der Waals surface area contributed by atoms with Gasteiger partial charge in [-0.25, -0.2) is 4.79 Å². The number of rotatable bonds is 3. The monoisotopic (exact) mass is 302 g/mol. The van der Waals surface area contributed by atoms with Crippen molar-refractivity contribution >= 4 is 11.6 Å². The van der Waals surface area contributed by atoms with Gasteiger partial charge in [0.1, 0.15) is 5.56 Å². The Morgan fingerprint density at radius 3 is 2.91 bits per heavy atom. The summed E-state index contributed by atoms with van der Waals surface area (Å²) in [7, 11) is 1.38. The number of aromatic nitrogens is 3. The fourth-order valence-electron chi connectivity index (χ4n) is 3.28. The Morgan fingerprint density at radius 1 is 1.36 bits per heavy atom. The zero-order valence-corrected chi connectivity index (χ0v) is 13.3. The van der Waals surface area contributed by atoms with Gasteiger partial charge in [0.15, 0.2) is 11.5 Å². The van der Waals surface area contributed by atoms with Crippen LogP contribution in [-0.4, -0.2) is 45.2 Å². The molecule has 2 aromatic rings. The van der Waals surface area contributed by atoms with Gasteiger partial charge >= 0.3 is 5.97 Å². The Kier molecular flexibility index (Phi) is 4.11. The van der Waals surface area contributed by atoms with Gasteiger partial charge in [-0.05, 0) is 45.4 Å². The van der Waals surface area contributed by atoms with Gasteiger partial charge in [0.2, 0.25) is 0 Å². The number of esters is 1. The highest BCUT2D eigenvalue weighted by molar-refractivity contribution is 5.95. The average molecular weight is 302 g/mol. The van der Waals surface area contributed by atoms with E-state index >= 15 is 0 Å². The summed E-state index contributed by atoms with van der Waals surface area (Å²) in [6.07, 6.45) is 5.41. The van der Waals surface area contributed by atoms with Crippen LogP contribution >= 0.6 is 0 Å². The molecule has 0 amide bonds. The molecule has 0 N–H and O–H groups in total. The van der Waals surface area contributed by atoms with Crippen LogP contribution in [0.4, 0.5) is 0 Å². The average Bonchev–Trinajstić information content (AvgIpc) is 2.97. The molecule has 118 valence electrons. The maximum Gasteiger partial charge on any atom is 0.341 e. The Bertz CT molecular complexity index is 680. The molecular formula is C16H22N4O2. The summed E-state index contributed by atoms with van der Waals surface area (Å²) >= 11 is 0. The molecule has 0 aromatic carbocycles. The van der Waals surface area contributed by atoms with Crippen LogP contribution in [0.2, 0.25) is 0 Å². The molecule has 1 aliphatic heterocycles. The number of carbonyl (C=O) groups excluding carboxylic acids is 1. The summed E-state index contributed by atoms with van der Waals surface area (Å²) in [5, 5.41) is 8.63. The summed E-state index contributed by atoms with van der Waals surface area (Å²) in [6.45, 7) is 5.50. The fraction of sp³-hybridized carbons (Fsp3) is 0.562. The first kappa shape index (κ1) is 15.0. The molecule has 1 saturated heterocycles. The summed E-state index contributed by atoms with van der Waals surface area (Å²) in [5.41, 5.74) is 1.02. The van der Waals surface area contributed by atoms with E-state index in [1.807, 2.05) is 16.7 Å². The van der Waals surface area contributed by atoms with E-state index in [1.54, 1.807) is 6.07 Å². The van der Waals surface area contributed by atoms with Crippen molar-refractivity contribution < 1.29 is 9.53 Å². The summed E-state index contributed by atoms with van der Waals surface area (Å²) in [6, 6.07) is 4.27. The SMILES string of the molecule is COC(=O)c1cccn2c(C3CCCCN3C(C)C)nnc12. The van der Waals surface area contributed by atoms with Crippen molar-refractivity contribution in [1.82, 2.24) is 19.5 Å². The second kappa shape index (κ2) is 6.04. The lowest BCUT2D eigenvalue weighted by molar-refractivity contribution is 0.0602. The summed E-state index contributed by atoms with van der Waals surface area (Å²) in [5.74, 6) is 0.531. The maximum absolute atomic E-state index is 11.9. The minimum Gasteiger partial charge on any atom is -0.465 e. The minimum absolute atomic E-state index is 0.247. The van der Waals surface area contributed by atoms with E-state index in [-0.39, 0.29) is 12.0 Å². The predicted octanol–water partition coefficient (Wildman–Crippen LogP) is 2.45. The number of piperidine rings is 1. The van der Waals surface area contributed by atoms with E-state index in [1.165, 1.54) is 20.0 Å². The Morgan fingerprint density at radius 2 is 2.18 bits per heavy atom. The Balaban J connectivity index is 2.06. The second-order valence-electron chi connectivity index (χ2n) is 6.01. The van der Waals surface area contributed by atoms with Gasteiger partial charge in [-0.1, -0.05) is 6.42 Å². The fourth-order valence-corrected chi connectivity index (χ4v) is 3.28. The lowest BCUT2D eigenvalue weighted by Crippen LogP contribution is -2.39. The largest absolute Gasteiger partial charge is 0.465 e. The van der Waals surface area contributed by atoms with Crippen LogP contribution in [0.15, 0.2) is 18.3 Å². The normalized spacial score (nSPS) is 19.7. The van der Waals surface area contributed by atoms with Crippen LogP contribution in [0.3, 0.4) is 0 Å². The van der Waals surface area contributed by atoms with Crippen LogP contribution in [0.1, 0.15) is 55.3 Å². The van der Waals surface area contributed by atoms with Crippen molar-refractivity contribution in [2.75, 3.05) is 13.7 Å². The highest BCUT2D eigenvalue weighted by Gasteiger charge is 2.30. The quantitative estimate of drug-likeness (QED) is 0.815.